The molecule has 1 atom stereocenters. The highest BCUT2D eigenvalue weighted by Gasteiger charge is 2.39. The Kier molecular flexibility index (Phi) is 5.83. The number of benzene rings is 2. The van der Waals surface area contributed by atoms with Crippen molar-refractivity contribution in [2.45, 2.75) is 25.8 Å². The van der Waals surface area contributed by atoms with Gasteiger partial charge in [-0.25, -0.2) is 4.39 Å². The van der Waals surface area contributed by atoms with Crippen LogP contribution < -0.4 is 5.32 Å². The van der Waals surface area contributed by atoms with Crippen molar-refractivity contribution < 1.29 is 31.9 Å². The normalized spacial score (nSPS) is 15.5. The summed E-state index contributed by atoms with van der Waals surface area (Å²) in [7, 11) is 0. The first kappa shape index (κ1) is 22.4. The molecule has 2 heterocycles. The monoisotopic (exact) mass is 483 g/mol. The summed E-state index contributed by atoms with van der Waals surface area (Å²) in [6.07, 6.45) is -5.44. The van der Waals surface area contributed by atoms with Crippen LogP contribution >= 0.6 is 22.9 Å². The van der Waals surface area contributed by atoms with E-state index in [1.807, 2.05) is 0 Å². The van der Waals surface area contributed by atoms with Gasteiger partial charge in [-0.15, -0.1) is 11.3 Å². The average Bonchev–Trinajstić information content (AvgIpc) is 3.28. The first-order valence-electron chi connectivity index (χ1n) is 9.33. The van der Waals surface area contributed by atoms with E-state index in [1.165, 1.54) is 0 Å². The Morgan fingerprint density at radius 1 is 1.12 bits per heavy atom. The van der Waals surface area contributed by atoms with Crippen LogP contribution in [0.5, 0.6) is 0 Å². The number of nitrogens with one attached hydrogen (secondary N) is 1. The Balaban J connectivity index is 1.81. The average molecular weight is 484 g/mol. The summed E-state index contributed by atoms with van der Waals surface area (Å²) in [6.45, 7) is 1.91. The third kappa shape index (κ3) is 3.92. The van der Waals surface area contributed by atoms with Gasteiger partial charge in [0, 0.05) is 16.0 Å². The smallest absolute Gasteiger partial charge is 0.368 e. The molecule has 2 aromatic carbocycles. The predicted molar refractivity (Wildman–Crippen MR) is 112 cm³/mol. The summed E-state index contributed by atoms with van der Waals surface area (Å²) >= 11 is 6.64. The summed E-state index contributed by atoms with van der Waals surface area (Å²) in [4.78, 5) is 26.7. The van der Waals surface area contributed by atoms with Crippen molar-refractivity contribution in [2.75, 3.05) is 5.32 Å². The van der Waals surface area contributed by atoms with Crippen LogP contribution in [0.2, 0.25) is 5.02 Å². The fourth-order valence-electron chi connectivity index (χ4n) is 3.53. The molecule has 0 bridgehead atoms. The molecule has 0 saturated carbocycles. The SMILES string of the molecule is CC1OCc2sc(NC(=O)c3c(C(F)(F)F)ccc(Cl)c3F)c(C(=O)c3ccccc3)c21. The van der Waals surface area contributed by atoms with Crippen LogP contribution in [0, 0.1) is 5.82 Å². The van der Waals surface area contributed by atoms with Crippen LogP contribution in [-0.2, 0) is 17.5 Å². The molecular formula is C22H14ClF4NO3S. The standard InChI is InChI=1S/C22H14ClF4NO3S/c1-10-15-14(9-31-10)32-21(17(15)19(29)11-5-3-2-4-6-11)28-20(30)16-12(22(25,26)27)7-8-13(23)18(16)24/h2-8,10H,9H2,1H3,(H,28,30). The van der Waals surface area contributed by atoms with Gasteiger partial charge in [-0.2, -0.15) is 13.2 Å². The maximum atomic E-state index is 14.5. The fraction of sp³-hybridized carbons (Fsp3) is 0.182. The number of rotatable bonds is 4. The Morgan fingerprint density at radius 2 is 1.81 bits per heavy atom. The quantitative estimate of drug-likeness (QED) is 0.334. The molecule has 0 radical (unpaired) electrons. The highest BCUT2D eigenvalue weighted by Crippen LogP contribution is 2.45. The second-order valence-electron chi connectivity index (χ2n) is 7.03. The molecule has 1 aliphatic heterocycles. The molecule has 0 aliphatic carbocycles. The van der Waals surface area contributed by atoms with E-state index in [9.17, 15) is 27.2 Å². The summed E-state index contributed by atoms with van der Waals surface area (Å²) in [5, 5.41) is 1.71. The lowest BCUT2D eigenvalue weighted by molar-refractivity contribution is -0.138. The van der Waals surface area contributed by atoms with E-state index in [1.54, 1.807) is 37.3 Å². The zero-order valence-electron chi connectivity index (χ0n) is 16.3. The summed E-state index contributed by atoms with van der Waals surface area (Å²) in [6, 6.07) is 9.49. The zero-order chi connectivity index (χ0) is 23.2. The van der Waals surface area contributed by atoms with Gasteiger partial charge < -0.3 is 10.1 Å². The second-order valence-corrected chi connectivity index (χ2v) is 8.54. The van der Waals surface area contributed by atoms with Gasteiger partial charge in [0.1, 0.15) is 5.00 Å². The predicted octanol–water partition coefficient (Wildman–Crippen LogP) is 6.63. The Labute approximate surface area is 188 Å². The topological polar surface area (TPSA) is 55.4 Å². The third-order valence-corrected chi connectivity index (χ3v) is 6.40. The van der Waals surface area contributed by atoms with Crippen molar-refractivity contribution in [3.8, 4) is 0 Å². The molecule has 1 aliphatic rings. The molecular weight excluding hydrogens is 470 g/mol. The number of amides is 1. The molecule has 1 aromatic heterocycles. The Morgan fingerprint density at radius 3 is 2.47 bits per heavy atom. The molecule has 3 aromatic rings. The molecule has 0 saturated heterocycles. The lowest BCUT2D eigenvalue weighted by Gasteiger charge is -2.15. The van der Waals surface area contributed by atoms with Gasteiger partial charge in [0.2, 0.25) is 0 Å². The number of hydrogen-bond acceptors (Lipinski definition) is 4. The first-order chi connectivity index (χ1) is 15.1. The van der Waals surface area contributed by atoms with Crippen molar-refractivity contribution in [3.05, 3.63) is 86.0 Å². The number of halogens is 5. The van der Waals surface area contributed by atoms with Crippen molar-refractivity contribution in [3.63, 3.8) is 0 Å². The maximum Gasteiger partial charge on any atom is 0.417 e. The van der Waals surface area contributed by atoms with Crippen LogP contribution in [0.25, 0.3) is 0 Å². The fourth-order valence-corrected chi connectivity index (χ4v) is 4.89. The van der Waals surface area contributed by atoms with Crippen molar-refractivity contribution >= 4 is 39.6 Å². The van der Waals surface area contributed by atoms with Crippen molar-refractivity contribution in [1.29, 1.82) is 0 Å². The summed E-state index contributed by atoms with van der Waals surface area (Å²) < 4.78 is 60.3. The molecule has 1 N–H and O–H groups in total. The number of ketones is 1. The maximum absolute atomic E-state index is 14.5. The van der Waals surface area contributed by atoms with E-state index in [0.717, 1.165) is 17.4 Å². The van der Waals surface area contributed by atoms with E-state index >= 15 is 0 Å². The van der Waals surface area contributed by atoms with E-state index < -0.39 is 45.9 Å². The zero-order valence-corrected chi connectivity index (χ0v) is 17.9. The number of fused-ring (bicyclic) bond motifs is 1. The molecule has 1 unspecified atom stereocenters. The van der Waals surface area contributed by atoms with Gasteiger partial charge in [0.25, 0.3) is 5.91 Å². The van der Waals surface area contributed by atoms with Gasteiger partial charge in [0.15, 0.2) is 11.6 Å². The number of thiophene rings is 1. The van der Waals surface area contributed by atoms with Crippen LogP contribution in [0.4, 0.5) is 22.6 Å². The minimum Gasteiger partial charge on any atom is -0.368 e. The van der Waals surface area contributed by atoms with Crippen LogP contribution in [0.1, 0.15) is 55.3 Å². The van der Waals surface area contributed by atoms with Crippen LogP contribution in [-0.4, -0.2) is 11.7 Å². The highest BCUT2D eigenvalue weighted by atomic mass is 35.5. The van der Waals surface area contributed by atoms with Gasteiger partial charge in [0.05, 0.1) is 34.4 Å². The molecule has 0 spiro atoms. The number of carbonyl (C=O) groups is 2. The minimum atomic E-state index is -4.99. The lowest BCUT2D eigenvalue weighted by atomic mass is 9.98. The Hall–Kier alpha value is -2.75. The number of anilines is 1. The summed E-state index contributed by atoms with van der Waals surface area (Å²) in [5.74, 6) is -3.28. The molecule has 0 fully saturated rings. The largest absolute Gasteiger partial charge is 0.417 e. The summed E-state index contributed by atoms with van der Waals surface area (Å²) in [5.41, 5.74) is -1.70. The van der Waals surface area contributed by atoms with Crippen molar-refractivity contribution in [1.82, 2.24) is 0 Å². The Bertz CT molecular complexity index is 1220. The van der Waals surface area contributed by atoms with E-state index in [-0.39, 0.29) is 17.2 Å². The van der Waals surface area contributed by atoms with E-state index in [2.05, 4.69) is 5.32 Å². The second kappa shape index (κ2) is 8.31. The molecule has 1 amide bonds. The number of carbonyl (C=O) groups excluding carboxylic acids is 2. The molecule has 166 valence electrons. The number of hydrogen-bond donors (Lipinski definition) is 1. The van der Waals surface area contributed by atoms with Crippen LogP contribution in [0.3, 0.4) is 0 Å². The molecule has 32 heavy (non-hydrogen) atoms. The van der Waals surface area contributed by atoms with E-state index in [0.29, 0.717) is 22.1 Å². The molecule has 4 rings (SSSR count). The van der Waals surface area contributed by atoms with Crippen LogP contribution in [0.15, 0.2) is 42.5 Å². The lowest BCUT2D eigenvalue weighted by Crippen LogP contribution is -2.21. The molecule has 10 heteroatoms. The molecule has 4 nitrogen and oxygen atoms in total. The van der Waals surface area contributed by atoms with Gasteiger partial charge in [-0.05, 0) is 19.1 Å². The third-order valence-electron chi connectivity index (χ3n) is 5.01. The number of ether oxygens (including phenoxy) is 1. The first-order valence-corrected chi connectivity index (χ1v) is 10.5. The van der Waals surface area contributed by atoms with E-state index in [4.69, 9.17) is 16.3 Å². The van der Waals surface area contributed by atoms with Gasteiger partial charge >= 0.3 is 6.18 Å². The number of alkyl halides is 3. The van der Waals surface area contributed by atoms with Crippen molar-refractivity contribution in [2.24, 2.45) is 0 Å². The highest BCUT2D eigenvalue weighted by molar-refractivity contribution is 7.17. The minimum absolute atomic E-state index is 0.0245. The van der Waals surface area contributed by atoms with Gasteiger partial charge in [-0.1, -0.05) is 41.9 Å². The van der Waals surface area contributed by atoms with Gasteiger partial charge in [-0.3, -0.25) is 9.59 Å².